The Morgan fingerprint density at radius 2 is 1.72 bits per heavy atom. The van der Waals surface area contributed by atoms with E-state index in [0.29, 0.717) is 0 Å². The molecule has 1 saturated carbocycles. The van der Waals surface area contributed by atoms with Crippen LogP contribution >= 0.6 is 0 Å². The van der Waals surface area contributed by atoms with Crippen LogP contribution in [0, 0.1) is 5.92 Å². The molecule has 18 heavy (non-hydrogen) atoms. The first-order valence-corrected chi connectivity index (χ1v) is 8.23. The fourth-order valence-electron chi connectivity index (χ4n) is 3.65. The largest absolute Gasteiger partial charge is 0.313 e. The molecule has 1 aliphatic carbocycles. The Morgan fingerprint density at radius 1 is 1.00 bits per heavy atom. The lowest BCUT2D eigenvalue weighted by atomic mass is 10.1. The highest BCUT2D eigenvalue weighted by Gasteiger charge is 2.25. The van der Waals surface area contributed by atoms with Gasteiger partial charge < -0.3 is 5.32 Å². The first-order chi connectivity index (χ1) is 8.75. The van der Waals surface area contributed by atoms with E-state index in [9.17, 15) is 0 Å². The summed E-state index contributed by atoms with van der Waals surface area (Å²) in [5, 5.41) is 3.77. The molecule has 2 heteroatoms. The first kappa shape index (κ1) is 14.3. The predicted molar refractivity (Wildman–Crippen MR) is 78.9 cm³/mol. The van der Waals surface area contributed by atoms with Gasteiger partial charge in [0.15, 0.2) is 0 Å². The van der Waals surface area contributed by atoms with Gasteiger partial charge in [-0.2, -0.15) is 0 Å². The second kappa shape index (κ2) is 7.49. The maximum absolute atomic E-state index is 3.77. The van der Waals surface area contributed by atoms with E-state index in [2.05, 4.69) is 24.1 Å². The zero-order valence-corrected chi connectivity index (χ0v) is 12.5. The molecular weight excluding hydrogens is 220 g/mol. The van der Waals surface area contributed by atoms with Crippen molar-refractivity contribution in [2.45, 2.75) is 77.3 Å². The standard InChI is InChI=1S/C16H32N2/c1-14(2)12-18(16-9-5-6-10-16)13-15-8-4-3-7-11-17-15/h14-17H,3-13H2,1-2H3. The Labute approximate surface area is 114 Å². The van der Waals surface area contributed by atoms with Crippen LogP contribution in [0.5, 0.6) is 0 Å². The summed E-state index contributed by atoms with van der Waals surface area (Å²) >= 11 is 0. The lowest BCUT2D eigenvalue weighted by Gasteiger charge is -2.33. The minimum atomic E-state index is 0.756. The second-order valence-corrected chi connectivity index (χ2v) is 6.79. The summed E-state index contributed by atoms with van der Waals surface area (Å²) in [4.78, 5) is 2.81. The van der Waals surface area contributed by atoms with Crippen LogP contribution in [0.25, 0.3) is 0 Å². The van der Waals surface area contributed by atoms with Crippen molar-refractivity contribution in [3.8, 4) is 0 Å². The fraction of sp³-hybridized carbons (Fsp3) is 1.00. The van der Waals surface area contributed by atoms with Gasteiger partial charge in [-0.05, 0) is 38.1 Å². The van der Waals surface area contributed by atoms with Gasteiger partial charge in [-0.15, -0.1) is 0 Å². The third-order valence-corrected chi connectivity index (χ3v) is 4.56. The molecule has 1 N–H and O–H groups in total. The van der Waals surface area contributed by atoms with Crippen LogP contribution in [0.2, 0.25) is 0 Å². The van der Waals surface area contributed by atoms with E-state index in [1.807, 2.05) is 0 Å². The Kier molecular flexibility index (Phi) is 5.97. The van der Waals surface area contributed by atoms with Crippen LogP contribution in [0.15, 0.2) is 0 Å². The van der Waals surface area contributed by atoms with E-state index in [1.165, 1.54) is 71.0 Å². The molecule has 2 aliphatic rings. The Hall–Kier alpha value is -0.0800. The molecule has 1 atom stereocenters. The topological polar surface area (TPSA) is 15.3 Å². The van der Waals surface area contributed by atoms with Crippen molar-refractivity contribution in [3.05, 3.63) is 0 Å². The summed E-state index contributed by atoms with van der Waals surface area (Å²) in [5.74, 6) is 0.802. The van der Waals surface area contributed by atoms with Crippen molar-refractivity contribution in [3.63, 3.8) is 0 Å². The van der Waals surface area contributed by atoms with E-state index in [-0.39, 0.29) is 0 Å². The lowest BCUT2D eigenvalue weighted by Crippen LogP contribution is -2.45. The van der Waals surface area contributed by atoms with E-state index >= 15 is 0 Å². The fourth-order valence-corrected chi connectivity index (χ4v) is 3.65. The van der Waals surface area contributed by atoms with Gasteiger partial charge in [-0.25, -0.2) is 0 Å². The molecule has 1 unspecified atom stereocenters. The smallest absolute Gasteiger partial charge is 0.0195 e. The molecule has 1 aliphatic heterocycles. The molecule has 0 aromatic heterocycles. The highest BCUT2D eigenvalue weighted by atomic mass is 15.2. The molecule has 1 saturated heterocycles. The number of hydrogen-bond donors (Lipinski definition) is 1. The molecule has 0 bridgehead atoms. The molecule has 1 heterocycles. The van der Waals surface area contributed by atoms with Gasteiger partial charge in [0, 0.05) is 25.2 Å². The van der Waals surface area contributed by atoms with Gasteiger partial charge in [-0.1, -0.05) is 39.5 Å². The van der Waals surface area contributed by atoms with E-state index in [0.717, 1.165) is 18.0 Å². The molecular formula is C16H32N2. The van der Waals surface area contributed by atoms with Crippen LogP contribution in [0.1, 0.15) is 65.2 Å². The Bertz CT molecular complexity index is 213. The molecule has 2 rings (SSSR count). The third-order valence-electron chi connectivity index (χ3n) is 4.56. The predicted octanol–water partition coefficient (Wildman–Crippen LogP) is 3.42. The summed E-state index contributed by atoms with van der Waals surface area (Å²) in [6, 6.07) is 1.64. The maximum atomic E-state index is 3.77. The molecule has 0 amide bonds. The van der Waals surface area contributed by atoms with Gasteiger partial charge in [-0.3, -0.25) is 4.90 Å². The van der Waals surface area contributed by atoms with Crippen LogP contribution in [0.4, 0.5) is 0 Å². The molecule has 0 aromatic carbocycles. The van der Waals surface area contributed by atoms with Gasteiger partial charge >= 0.3 is 0 Å². The average Bonchev–Trinajstić information content (AvgIpc) is 2.74. The van der Waals surface area contributed by atoms with E-state index < -0.39 is 0 Å². The summed E-state index contributed by atoms with van der Waals surface area (Å²) in [7, 11) is 0. The van der Waals surface area contributed by atoms with Gasteiger partial charge in [0.05, 0.1) is 0 Å². The number of nitrogens with one attached hydrogen (secondary N) is 1. The molecule has 0 aromatic rings. The SMILES string of the molecule is CC(C)CN(CC1CCCCCN1)C1CCCC1. The maximum Gasteiger partial charge on any atom is 0.0195 e. The average molecular weight is 252 g/mol. The van der Waals surface area contributed by atoms with Gasteiger partial charge in [0.2, 0.25) is 0 Å². The lowest BCUT2D eigenvalue weighted by molar-refractivity contribution is 0.157. The summed E-state index contributed by atoms with van der Waals surface area (Å²) < 4.78 is 0. The number of rotatable bonds is 5. The van der Waals surface area contributed by atoms with Gasteiger partial charge in [0.25, 0.3) is 0 Å². The second-order valence-electron chi connectivity index (χ2n) is 6.79. The quantitative estimate of drug-likeness (QED) is 0.806. The molecule has 0 radical (unpaired) electrons. The van der Waals surface area contributed by atoms with Crippen molar-refractivity contribution in [2.75, 3.05) is 19.6 Å². The minimum absolute atomic E-state index is 0.756. The number of hydrogen-bond acceptors (Lipinski definition) is 2. The Balaban J connectivity index is 1.86. The van der Waals surface area contributed by atoms with Crippen LogP contribution in [-0.2, 0) is 0 Å². The molecule has 2 nitrogen and oxygen atoms in total. The zero-order valence-electron chi connectivity index (χ0n) is 12.5. The first-order valence-electron chi connectivity index (χ1n) is 8.23. The summed E-state index contributed by atoms with van der Waals surface area (Å²) in [6.45, 7) is 8.56. The van der Waals surface area contributed by atoms with E-state index in [4.69, 9.17) is 0 Å². The van der Waals surface area contributed by atoms with Crippen LogP contribution < -0.4 is 5.32 Å². The Morgan fingerprint density at radius 3 is 2.44 bits per heavy atom. The monoisotopic (exact) mass is 252 g/mol. The molecule has 0 spiro atoms. The molecule has 2 fully saturated rings. The zero-order chi connectivity index (χ0) is 12.8. The van der Waals surface area contributed by atoms with Gasteiger partial charge in [0.1, 0.15) is 0 Å². The van der Waals surface area contributed by atoms with Crippen LogP contribution in [-0.4, -0.2) is 36.6 Å². The van der Waals surface area contributed by atoms with Crippen molar-refractivity contribution < 1.29 is 0 Å². The van der Waals surface area contributed by atoms with Crippen LogP contribution in [0.3, 0.4) is 0 Å². The summed E-state index contributed by atoms with van der Waals surface area (Å²) in [5.41, 5.74) is 0. The van der Waals surface area contributed by atoms with E-state index in [1.54, 1.807) is 0 Å². The van der Waals surface area contributed by atoms with Crippen molar-refractivity contribution >= 4 is 0 Å². The van der Waals surface area contributed by atoms with Crippen molar-refractivity contribution in [2.24, 2.45) is 5.92 Å². The molecule has 106 valence electrons. The third kappa shape index (κ3) is 4.55. The highest BCUT2D eigenvalue weighted by molar-refractivity contribution is 4.83. The summed E-state index contributed by atoms with van der Waals surface area (Å²) in [6.07, 6.45) is 11.4. The highest BCUT2D eigenvalue weighted by Crippen LogP contribution is 2.25. The normalized spacial score (nSPS) is 27.0. The minimum Gasteiger partial charge on any atom is -0.313 e. The van der Waals surface area contributed by atoms with Crippen molar-refractivity contribution in [1.29, 1.82) is 0 Å². The number of nitrogens with zero attached hydrogens (tertiary/aromatic N) is 1. The van der Waals surface area contributed by atoms with Crippen molar-refractivity contribution in [1.82, 2.24) is 10.2 Å².